The van der Waals surface area contributed by atoms with Gasteiger partial charge in [0.15, 0.2) is 5.65 Å². The molecule has 0 spiro atoms. The molecule has 0 unspecified atom stereocenters. The summed E-state index contributed by atoms with van der Waals surface area (Å²) in [7, 11) is 0. The Morgan fingerprint density at radius 3 is 2.77 bits per heavy atom. The molecule has 0 bridgehead atoms. The van der Waals surface area contributed by atoms with Crippen molar-refractivity contribution in [2.45, 2.75) is 18.9 Å². The summed E-state index contributed by atoms with van der Waals surface area (Å²) in [4.78, 5) is 6.77. The molecule has 8 heteroatoms. The Balaban J connectivity index is 1.71. The summed E-state index contributed by atoms with van der Waals surface area (Å²) < 4.78 is 2.65. The fourth-order valence-electron chi connectivity index (χ4n) is 3.27. The molecule has 2 aromatic heterocycles. The van der Waals surface area contributed by atoms with Crippen LogP contribution in [0.2, 0.25) is 5.02 Å². The number of hydrogen-bond donors (Lipinski definition) is 2. The lowest BCUT2D eigenvalue weighted by molar-refractivity contribution is 0.0863. The summed E-state index contributed by atoms with van der Waals surface area (Å²) in [6.45, 7) is 1.88. The lowest BCUT2D eigenvalue weighted by Gasteiger charge is -2.31. The van der Waals surface area contributed by atoms with Gasteiger partial charge in [-0.1, -0.05) is 29.8 Å². The van der Waals surface area contributed by atoms with E-state index >= 15 is 0 Å². The highest BCUT2D eigenvalue weighted by Crippen LogP contribution is 2.31. The molecule has 1 aliphatic heterocycles. The Hall–Kier alpha value is -1.67. The molecule has 0 aliphatic carbocycles. The molecule has 0 radical (unpaired) electrons. The molecule has 1 saturated heterocycles. The number of aliphatic hydroxyl groups is 1. The van der Waals surface area contributed by atoms with Crippen LogP contribution >= 0.6 is 27.5 Å². The summed E-state index contributed by atoms with van der Waals surface area (Å²) in [6, 6.07) is 10.0. The van der Waals surface area contributed by atoms with Crippen molar-refractivity contribution in [3.63, 3.8) is 0 Å². The third kappa shape index (κ3) is 3.44. The van der Waals surface area contributed by atoms with Crippen LogP contribution in [0.5, 0.6) is 0 Å². The van der Waals surface area contributed by atoms with Gasteiger partial charge < -0.3 is 10.4 Å². The summed E-state index contributed by atoms with van der Waals surface area (Å²) >= 11 is 9.90. The van der Waals surface area contributed by atoms with E-state index in [0.717, 1.165) is 53.1 Å². The predicted octanol–water partition coefficient (Wildman–Crippen LogP) is 3.64. The Morgan fingerprint density at radius 1 is 1.27 bits per heavy atom. The van der Waals surface area contributed by atoms with Crippen molar-refractivity contribution in [2.75, 3.05) is 25.1 Å². The van der Waals surface area contributed by atoms with Gasteiger partial charge in [-0.05, 0) is 34.8 Å². The molecule has 1 aromatic carbocycles. The van der Waals surface area contributed by atoms with Crippen LogP contribution in [0.4, 0.5) is 5.82 Å². The van der Waals surface area contributed by atoms with E-state index in [9.17, 15) is 5.11 Å². The highest BCUT2D eigenvalue weighted by molar-refractivity contribution is 9.10. The van der Waals surface area contributed by atoms with E-state index in [2.05, 4.69) is 26.3 Å². The Morgan fingerprint density at radius 2 is 2.04 bits per heavy atom. The van der Waals surface area contributed by atoms with Gasteiger partial charge in [-0.2, -0.15) is 9.61 Å². The number of halogens is 2. The minimum atomic E-state index is 0.120. The first-order chi connectivity index (χ1) is 12.7. The number of piperidine rings is 1. The molecule has 3 aromatic rings. The lowest BCUT2D eigenvalue weighted by atomic mass is 10.1. The van der Waals surface area contributed by atoms with Gasteiger partial charge in [0, 0.05) is 35.8 Å². The van der Waals surface area contributed by atoms with Crippen molar-refractivity contribution in [3.05, 3.63) is 46.0 Å². The molecule has 4 rings (SSSR count). The number of likely N-dealkylation sites (tertiary alicyclic amines) is 1. The van der Waals surface area contributed by atoms with Gasteiger partial charge in [-0.15, -0.1) is 0 Å². The number of anilines is 1. The van der Waals surface area contributed by atoms with Crippen LogP contribution in [0.1, 0.15) is 12.8 Å². The van der Waals surface area contributed by atoms with E-state index in [-0.39, 0.29) is 6.73 Å². The highest BCUT2D eigenvalue weighted by Gasteiger charge is 2.20. The van der Waals surface area contributed by atoms with E-state index in [1.165, 1.54) is 0 Å². The van der Waals surface area contributed by atoms with Gasteiger partial charge >= 0.3 is 0 Å². The maximum Gasteiger partial charge on any atom is 0.172 e. The maximum atomic E-state index is 9.26. The largest absolute Gasteiger partial charge is 0.381 e. The van der Waals surface area contributed by atoms with Crippen molar-refractivity contribution in [3.8, 4) is 11.3 Å². The van der Waals surface area contributed by atoms with Crippen molar-refractivity contribution >= 4 is 39.0 Å². The van der Waals surface area contributed by atoms with Crippen LogP contribution in [-0.4, -0.2) is 50.5 Å². The van der Waals surface area contributed by atoms with Crippen LogP contribution in [-0.2, 0) is 0 Å². The zero-order valence-electron chi connectivity index (χ0n) is 14.1. The number of rotatable bonds is 4. The van der Waals surface area contributed by atoms with Gasteiger partial charge in [0.25, 0.3) is 0 Å². The highest BCUT2D eigenvalue weighted by atomic mass is 79.9. The molecule has 3 heterocycles. The Labute approximate surface area is 164 Å². The molecule has 136 valence electrons. The van der Waals surface area contributed by atoms with Gasteiger partial charge in [0.05, 0.1) is 23.1 Å². The van der Waals surface area contributed by atoms with E-state index in [1.807, 2.05) is 39.7 Å². The molecule has 0 saturated carbocycles. The number of aliphatic hydroxyl groups excluding tert-OH is 1. The lowest BCUT2D eigenvalue weighted by Crippen LogP contribution is -2.39. The first-order valence-electron chi connectivity index (χ1n) is 8.54. The van der Waals surface area contributed by atoms with Crippen LogP contribution in [0, 0.1) is 0 Å². The zero-order chi connectivity index (χ0) is 18.1. The van der Waals surface area contributed by atoms with Crippen molar-refractivity contribution in [2.24, 2.45) is 0 Å². The Bertz CT molecular complexity index is 923. The normalized spacial score (nSPS) is 16.3. The number of nitrogens with zero attached hydrogens (tertiary/aromatic N) is 4. The van der Waals surface area contributed by atoms with E-state index in [4.69, 9.17) is 16.6 Å². The smallest absolute Gasteiger partial charge is 0.172 e. The van der Waals surface area contributed by atoms with Crippen molar-refractivity contribution in [1.82, 2.24) is 19.5 Å². The maximum absolute atomic E-state index is 9.26. The summed E-state index contributed by atoms with van der Waals surface area (Å²) in [5.41, 5.74) is 2.44. The number of aromatic nitrogens is 3. The van der Waals surface area contributed by atoms with Crippen LogP contribution in [0.15, 0.2) is 41.0 Å². The van der Waals surface area contributed by atoms with Crippen LogP contribution < -0.4 is 5.32 Å². The van der Waals surface area contributed by atoms with Gasteiger partial charge in [0.1, 0.15) is 5.82 Å². The minimum absolute atomic E-state index is 0.120. The number of hydrogen-bond acceptors (Lipinski definition) is 5. The summed E-state index contributed by atoms with van der Waals surface area (Å²) in [6.07, 6.45) is 3.68. The van der Waals surface area contributed by atoms with Gasteiger partial charge in [0.2, 0.25) is 0 Å². The van der Waals surface area contributed by atoms with Crippen LogP contribution in [0.25, 0.3) is 16.9 Å². The molecule has 26 heavy (non-hydrogen) atoms. The predicted molar refractivity (Wildman–Crippen MR) is 106 cm³/mol. The molecule has 0 amide bonds. The SMILES string of the molecule is OCN1CCC(Nc2cc(-c3ccccc3Cl)nc3c(Br)cnn23)CC1. The van der Waals surface area contributed by atoms with Gasteiger partial charge in [-0.25, -0.2) is 4.98 Å². The summed E-state index contributed by atoms with van der Waals surface area (Å²) in [5, 5.41) is 18.0. The second-order valence-electron chi connectivity index (χ2n) is 6.41. The summed E-state index contributed by atoms with van der Waals surface area (Å²) in [5.74, 6) is 0.887. The molecule has 6 nitrogen and oxygen atoms in total. The first-order valence-corrected chi connectivity index (χ1v) is 9.72. The molecule has 2 N–H and O–H groups in total. The standard InChI is InChI=1S/C18H19BrClN5O/c19-14-10-21-25-17(22-12-5-7-24(11-26)8-6-12)9-16(23-18(14)25)13-3-1-2-4-15(13)20/h1-4,9-10,12,22,26H,5-8,11H2. The number of nitrogens with one attached hydrogen (secondary N) is 1. The average molecular weight is 437 g/mol. The third-order valence-electron chi connectivity index (χ3n) is 4.72. The molecular weight excluding hydrogens is 418 g/mol. The van der Waals surface area contributed by atoms with E-state index < -0.39 is 0 Å². The van der Waals surface area contributed by atoms with E-state index in [0.29, 0.717) is 11.1 Å². The molecule has 0 atom stereocenters. The second kappa shape index (κ2) is 7.52. The third-order valence-corrected chi connectivity index (χ3v) is 5.61. The van der Waals surface area contributed by atoms with Crippen molar-refractivity contribution in [1.29, 1.82) is 0 Å². The topological polar surface area (TPSA) is 65.7 Å². The minimum Gasteiger partial charge on any atom is -0.381 e. The number of fused-ring (bicyclic) bond motifs is 1. The fourth-order valence-corrected chi connectivity index (χ4v) is 3.85. The zero-order valence-corrected chi connectivity index (χ0v) is 16.4. The second-order valence-corrected chi connectivity index (χ2v) is 7.67. The van der Waals surface area contributed by atoms with Crippen molar-refractivity contribution < 1.29 is 5.11 Å². The average Bonchev–Trinajstić information content (AvgIpc) is 3.04. The fraction of sp³-hybridized carbons (Fsp3) is 0.333. The molecule has 1 fully saturated rings. The van der Waals surface area contributed by atoms with Gasteiger partial charge in [-0.3, -0.25) is 4.90 Å². The molecule has 1 aliphatic rings. The number of benzene rings is 1. The Kier molecular flexibility index (Phi) is 5.13. The van der Waals surface area contributed by atoms with E-state index in [1.54, 1.807) is 6.20 Å². The first kappa shape index (κ1) is 17.7. The van der Waals surface area contributed by atoms with Crippen LogP contribution in [0.3, 0.4) is 0 Å². The molecular formula is C18H19BrClN5O. The quantitative estimate of drug-likeness (QED) is 0.654. The monoisotopic (exact) mass is 435 g/mol.